The van der Waals surface area contributed by atoms with Crippen LogP contribution < -0.4 is 39.7 Å². The van der Waals surface area contributed by atoms with E-state index in [1.165, 1.54) is 44.0 Å². The number of aryl methyl sites for hydroxylation is 4. The molecule has 0 aromatic heterocycles. The minimum Gasteiger partial charge on any atom is -0.437 e. The first kappa shape index (κ1) is 60.1. The maximum absolute atomic E-state index is 14.2. The average molecular weight is 1190 g/mol. The first-order chi connectivity index (χ1) is 40.2. The zero-order chi connectivity index (χ0) is 59.9. The van der Waals surface area contributed by atoms with E-state index in [4.69, 9.17) is 28.3 Å². The maximum atomic E-state index is 14.2. The molecule has 84 heavy (non-hydrogen) atoms. The van der Waals surface area contributed by atoms with Gasteiger partial charge in [0.25, 0.3) is 13.5 Å². The molecule has 0 radical (unpaired) electrons. The van der Waals surface area contributed by atoms with Crippen molar-refractivity contribution in [3.05, 3.63) is 237 Å². The quantitative estimate of drug-likeness (QED) is 0.0358. The fourth-order valence-electron chi connectivity index (χ4n) is 10.6. The Labute approximate surface area is 491 Å². The maximum Gasteiger partial charge on any atom is 0.459 e. The van der Waals surface area contributed by atoms with Crippen LogP contribution in [0.15, 0.2) is 164 Å². The molecule has 0 fully saturated rings. The number of hydroxylamine groups is 2. The van der Waals surface area contributed by atoms with E-state index < -0.39 is 59.1 Å². The van der Waals surface area contributed by atoms with Crippen LogP contribution in [-0.2, 0) is 9.36 Å². The van der Waals surface area contributed by atoms with E-state index in [9.17, 15) is 22.0 Å². The Morgan fingerprint density at radius 3 is 1.07 bits per heavy atom. The summed E-state index contributed by atoms with van der Waals surface area (Å²) in [4.78, 5) is 5.04. The van der Waals surface area contributed by atoms with Gasteiger partial charge in [-0.25, -0.2) is 22.0 Å². The molecule has 4 aliphatic heterocycles. The van der Waals surface area contributed by atoms with Crippen LogP contribution in [0.1, 0.15) is 44.5 Å². The van der Waals surface area contributed by atoms with Gasteiger partial charge in [0.15, 0.2) is 35.7 Å². The molecule has 4 aliphatic rings. The molecule has 8 aromatic rings. The molecule has 0 saturated carbocycles. The van der Waals surface area contributed by atoms with E-state index in [2.05, 4.69) is 159 Å². The molecule has 4 heterocycles. The molecule has 0 aliphatic carbocycles. The molecule has 0 N–H and O–H groups in total. The van der Waals surface area contributed by atoms with Gasteiger partial charge in [0.05, 0.1) is 27.4 Å². The van der Waals surface area contributed by atoms with Crippen LogP contribution in [0, 0.1) is 56.8 Å². The zero-order valence-corrected chi connectivity index (χ0v) is 51.9. The molecule has 432 valence electrons. The number of para-hydroxylation sites is 4. The highest BCUT2D eigenvalue weighted by atomic mass is 28.4. The Balaban J connectivity index is 0.000000141. The average Bonchev–Trinajstić information content (AvgIpc) is 2.64. The molecule has 0 spiro atoms. The van der Waals surface area contributed by atoms with Crippen LogP contribution in [0.2, 0.25) is 32.7 Å². The number of hydrogen-bond acceptors (Lipinski definition) is 6. The highest BCUT2D eigenvalue weighted by Crippen LogP contribution is 2.30. The Hall–Kier alpha value is -8.46. The third-order valence-electron chi connectivity index (χ3n) is 14.7. The summed E-state index contributed by atoms with van der Waals surface area (Å²) in [7, 11) is -5.78. The lowest BCUT2D eigenvalue weighted by Crippen LogP contribution is -2.75. The molecule has 12 rings (SSSR count). The van der Waals surface area contributed by atoms with Crippen molar-refractivity contribution in [2.75, 3.05) is 34.0 Å². The standard InChI is InChI=1S/C27H24NOSi.C17H15F5NOSi.C12H18NO2Si.C10H12NO2/c1-22-12-11-13-23-20-28(21-29-27(22)23)30(24-14-5-2-6-15-24,25-16-7-3-8-17-25)26-18-9-4-10-19-26;1-9-5-4-6-10-7-23(8-24-16(9)10)25(2,3)17-14(21)12(19)11(18)13(20)15(17)22;1-10-6-5-7-11-8-13(9-14-12(10)11)15-16(2,3)4;1-8-4-3-5-9-6-11(12-2)7-13-10(8)9/h2-20H,21H2,1H3;4-7H,8H2,1-3H3;5-8H,9H2,1-4H3;3-6H,7H2,1-2H3/q4*+1. The van der Waals surface area contributed by atoms with Crippen LogP contribution in [0.5, 0.6) is 23.0 Å². The topological polar surface area (TPSA) is 67.4 Å². The molecule has 18 heteroatoms. The van der Waals surface area contributed by atoms with E-state index in [0.29, 0.717) is 31.5 Å². The second kappa shape index (κ2) is 25.6. The number of rotatable bonds is 9. The summed E-state index contributed by atoms with van der Waals surface area (Å²) in [6, 6.07) is 56.7. The van der Waals surface area contributed by atoms with Gasteiger partial charge in [-0.1, -0.05) is 140 Å². The van der Waals surface area contributed by atoms with Crippen molar-refractivity contribution in [1.29, 1.82) is 0 Å². The molecule has 0 bridgehead atoms. The first-order valence-corrected chi connectivity index (χ1v) is 35.8. The first-order valence-electron chi connectivity index (χ1n) is 27.5. The van der Waals surface area contributed by atoms with Crippen LogP contribution in [0.4, 0.5) is 22.0 Å². The molecule has 8 aromatic carbocycles. The Morgan fingerprint density at radius 1 is 0.369 bits per heavy atom. The van der Waals surface area contributed by atoms with Crippen molar-refractivity contribution in [2.45, 2.75) is 60.4 Å². The lowest BCUT2D eigenvalue weighted by Gasteiger charge is -2.31. The SMILES string of the molecule is CO[N+]1=Cc2cccc(C)c2OC1.Cc1cccc2c1OC[N+](O[Si](C)(C)C)=C2.Cc1cccc2c1OC[N+]([Si](C)(C)c1c(F)c(F)c(F)c(F)c1F)=C2.Cc1cccc2c1OC[N+]([Si](c1ccccc1)(c1ccccc1)c1ccccc1)=C2. The van der Waals surface area contributed by atoms with Gasteiger partial charge in [0, 0.05) is 20.3 Å². The minimum absolute atomic E-state index is 0.0312. The van der Waals surface area contributed by atoms with Crippen molar-refractivity contribution in [2.24, 2.45) is 0 Å². The summed E-state index contributed by atoms with van der Waals surface area (Å²) in [6.45, 7) is 19.0. The highest BCUT2D eigenvalue weighted by Gasteiger charge is 2.55. The predicted octanol–water partition coefficient (Wildman–Crippen LogP) is 10.9. The van der Waals surface area contributed by atoms with E-state index in [1.807, 2.05) is 62.7 Å². The summed E-state index contributed by atoms with van der Waals surface area (Å²) in [6.07, 6.45) is 7.91. The third-order valence-corrected chi connectivity index (χ3v) is 23.4. The minimum atomic E-state index is -3.28. The lowest BCUT2D eigenvalue weighted by molar-refractivity contribution is -0.794. The second-order valence-corrected chi connectivity index (χ2v) is 34.4. The number of fused-ring (bicyclic) bond motifs is 4. The van der Waals surface area contributed by atoms with Gasteiger partial charge in [-0.2, -0.15) is 0 Å². The lowest BCUT2D eigenvalue weighted by atomic mass is 10.1. The number of halogens is 5. The predicted molar refractivity (Wildman–Crippen MR) is 327 cm³/mol. The van der Waals surface area contributed by atoms with Crippen LogP contribution >= 0.6 is 0 Å². The van der Waals surface area contributed by atoms with E-state index in [1.54, 1.807) is 34.9 Å². The molecule has 0 atom stereocenters. The summed E-state index contributed by atoms with van der Waals surface area (Å²) >= 11 is 0. The van der Waals surface area contributed by atoms with Gasteiger partial charge in [0.2, 0.25) is 18.2 Å². The van der Waals surface area contributed by atoms with Gasteiger partial charge < -0.3 is 23.5 Å². The molecule has 10 nitrogen and oxygen atoms in total. The zero-order valence-electron chi connectivity index (χ0n) is 48.9. The Bertz CT molecular complexity index is 3720. The van der Waals surface area contributed by atoms with Crippen molar-refractivity contribution < 1.29 is 68.2 Å². The largest absolute Gasteiger partial charge is 0.459 e. The summed E-state index contributed by atoms with van der Waals surface area (Å²) in [5, 5.41) is 3.27. The van der Waals surface area contributed by atoms with Gasteiger partial charge >= 0.3 is 38.2 Å². The molecular weight excluding hydrogens is 1120 g/mol. The van der Waals surface area contributed by atoms with E-state index in [0.717, 1.165) is 45.1 Å². The van der Waals surface area contributed by atoms with Crippen molar-refractivity contribution in [3.63, 3.8) is 0 Å². The fourth-order valence-corrected chi connectivity index (χ4v) is 18.4. The molecular formula is C66H69F5N4O6Si3+4. The Morgan fingerprint density at radius 2 is 0.690 bits per heavy atom. The fraction of sp³-hybridized carbons (Fsp3) is 0.212. The van der Waals surface area contributed by atoms with Gasteiger partial charge in [-0.3, -0.25) is 13.3 Å². The third kappa shape index (κ3) is 12.7. The van der Waals surface area contributed by atoms with E-state index in [-0.39, 0.29) is 6.73 Å². The number of nitrogens with zero attached hydrogens (tertiary/aromatic N) is 4. The van der Waals surface area contributed by atoms with Gasteiger partial charge in [0.1, 0.15) is 30.1 Å². The van der Waals surface area contributed by atoms with Crippen LogP contribution in [-0.4, -0.2) is 102 Å². The number of benzene rings is 8. The number of hydrogen-bond donors (Lipinski definition) is 0. The van der Waals surface area contributed by atoms with Crippen LogP contribution in [0.25, 0.3) is 0 Å². The molecule has 0 unspecified atom stereocenters. The second-order valence-electron chi connectivity index (χ2n) is 22.1. The van der Waals surface area contributed by atoms with Crippen molar-refractivity contribution in [3.8, 4) is 23.0 Å². The monoisotopic (exact) mass is 1190 g/mol. The summed E-state index contributed by atoms with van der Waals surface area (Å²) in [5.41, 5.74) is 8.37. The summed E-state index contributed by atoms with van der Waals surface area (Å²) < 4.78 is 106. The highest BCUT2D eigenvalue weighted by molar-refractivity contribution is 7.06. The number of ether oxygens (including phenoxy) is 4. The van der Waals surface area contributed by atoms with Crippen molar-refractivity contribution in [1.82, 2.24) is 0 Å². The van der Waals surface area contributed by atoms with E-state index >= 15 is 0 Å². The van der Waals surface area contributed by atoms with Crippen molar-refractivity contribution >= 4 is 70.4 Å². The molecule has 0 saturated heterocycles. The van der Waals surface area contributed by atoms with Gasteiger partial charge in [-0.05, 0) is 112 Å². The summed E-state index contributed by atoms with van der Waals surface area (Å²) in [5.74, 6) is -6.01. The molecule has 0 amide bonds. The normalized spacial score (nSPS) is 13.9. The van der Waals surface area contributed by atoms with Gasteiger partial charge in [-0.15, -0.1) is 0 Å². The van der Waals surface area contributed by atoms with Crippen LogP contribution in [0.3, 0.4) is 0 Å². The smallest absolute Gasteiger partial charge is 0.437 e. The Kier molecular flexibility index (Phi) is 18.3.